The number of aromatic nitrogens is 2. The van der Waals surface area contributed by atoms with Gasteiger partial charge in [0.1, 0.15) is 11.2 Å². The quantitative estimate of drug-likeness (QED) is 0.775. The molecule has 1 unspecified atom stereocenters. The number of rotatable bonds is 6. The average molecular weight is 417 g/mol. The third-order valence-electron chi connectivity index (χ3n) is 4.95. The van der Waals surface area contributed by atoms with E-state index in [4.69, 9.17) is 9.52 Å². The maximum atomic E-state index is 12.8. The first-order valence-electron chi connectivity index (χ1n) is 10.0. The van der Waals surface area contributed by atoms with Gasteiger partial charge in [0, 0.05) is 12.3 Å². The van der Waals surface area contributed by atoms with Crippen molar-refractivity contribution >= 4 is 29.4 Å². The molecule has 1 aliphatic rings. The van der Waals surface area contributed by atoms with Gasteiger partial charge in [-0.3, -0.25) is 19.1 Å². The van der Waals surface area contributed by atoms with Crippen LogP contribution in [0.25, 0.3) is 0 Å². The van der Waals surface area contributed by atoms with Crippen LogP contribution in [-0.4, -0.2) is 38.6 Å². The molecule has 3 rings (SSSR count). The second-order valence-electron chi connectivity index (χ2n) is 7.51. The van der Waals surface area contributed by atoms with Crippen molar-refractivity contribution in [2.75, 3.05) is 11.1 Å². The van der Waals surface area contributed by atoms with Gasteiger partial charge in [-0.05, 0) is 51.3 Å². The van der Waals surface area contributed by atoms with Crippen molar-refractivity contribution in [3.8, 4) is 0 Å². The van der Waals surface area contributed by atoms with E-state index in [0.717, 1.165) is 18.4 Å². The minimum absolute atomic E-state index is 0.0820. The Morgan fingerprint density at radius 3 is 2.76 bits per heavy atom. The Morgan fingerprint density at radius 2 is 2.07 bits per heavy atom. The summed E-state index contributed by atoms with van der Waals surface area (Å²) in [6, 6.07) is 5.81. The van der Waals surface area contributed by atoms with Gasteiger partial charge in [0.05, 0.1) is 17.0 Å². The van der Waals surface area contributed by atoms with Crippen LogP contribution in [0.2, 0.25) is 0 Å². The Morgan fingerprint density at radius 1 is 1.31 bits per heavy atom. The SMILES string of the molecule is Cc1ccn(C(=O)CSC(C)C(=O)Nc2cc(C)on2)c(=NC2CCCCC2)c1. The van der Waals surface area contributed by atoms with Crippen molar-refractivity contribution in [2.24, 2.45) is 4.99 Å². The highest BCUT2D eigenvalue weighted by Gasteiger charge is 2.18. The standard InChI is InChI=1S/C21H28N4O3S/c1-14-9-10-25(19(11-14)22-17-7-5-4-6-8-17)20(26)13-29-16(3)21(27)23-18-12-15(2)28-24-18/h9-12,16-17H,4-8,13H2,1-3H3,(H,23,24,27). The van der Waals surface area contributed by atoms with E-state index in [1.54, 1.807) is 30.7 Å². The molecule has 1 aliphatic carbocycles. The Kier molecular flexibility index (Phi) is 7.30. The van der Waals surface area contributed by atoms with E-state index in [2.05, 4.69) is 10.5 Å². The highest BCUT2D eigenvalue weighted by atomic mass is 32.2. The summed E-state index contributed by atoms with van der Waals surface area (Å²) >= 11 is 1.29. The van der Waals surface area contributed by atoms with E-state index in [1.807, 2.05) is 19.1 Å². The van der Waals surface area contributed by atoms with Crippen LogP contribution in [0.15, 0.2) is 33.9 Å². The van der Waals surface area contributed by atoms with Gasteiger partial charge in [-0.15, -0.1) is 11.8 Å². The molecule has 0 bridgehead atoms. The lowest BCUT2D eigenvalue weighted by Gasteiger charge is -2.18. The third kappa shape index (κ3) is 6.06. The first-order chi connectivity index (χ1) is 13.9. The third-order valence-corrected chi connectivity index (χ3v) is 6.08. The molecule has 2 aromatic heterocycles. The van der Waals surface area contributed by atoms with Crippen LogP contribution in [0.5, 0.6) is 0 Å². The molecule has 0 radical (unpaired) electrons. The van der Waals surface area contributed by atoms with Crippen molar-refractivity contribution in [1.29, 1.82) is 0 Å². The number of thioether (sulfide) groups is 1. The van der Waals surface area contributed by atoms with Crippen molar-refractivity contribution < 1.29 is 14.1 Å². The summed E-state index contributed by atoms with van der Waals surface area (Å²) in [6.07, 6.45) is 7.60. The number of carbonyl (C=O) groups excluding carboxylic acids is 2. The lowest BCUT2D eigenvalue weighted by molar-refractivity contribution is -0.115. The Hall–Kier alpha value is -2.35. The van der Waals surface area contributed by atoms with Crippen LogP contribution in [-0.2, 0) is 4.79 Å². The van der Waals surface area contributed by atoms with Crippen LogP contribution in [0, 0.1) is 13.8 Å². The van der Waals surface area contributed by atoms with E-state index in [0.29, 0.717) is 17.1 Å². The minimum Gasteiger partial charge on any atom is -0.360 e. The molecule has 1 atom stereocenters. The van der Waals surface area contributed by atoms with Gasteiger partial charge in [-0.1, -0.05) is 24.4 Å². The molecule has 1 N–H and O–H groups in total. The van der Waals surface area contributed by atoms with Crippen LogP contribution < -0.4 is 10.8 Å². The number of hydrogen-bond acceptors (Lipinski definition) is 6. The number of nitrogens with one attached hydrogen (secondary N) is 1. The van der Waals surface area contributed by atoms with Crippen LogP contribution in [0.3, 0.4) is 0 Å². The number of anilines is 1. The summed E-state index contributed by atoms with van der Waals surface area (Å²) in [6.45, 7) is 5.53. The number of aryl methyl sites for hydroxylation is 2. The zero-order valence-electron chi connectivity index (χ0n) is 17.2. The number of amides is 1. The summed E-state index contributed by atoms with van der Waals surface area (Å²) in [5.41, 5.74) is 1.78. The summed E-state index contributed by atoms with van der Waals surface area (Å²) in [5.74, 6) is 0.903. The molecule has 1 saturated carbocycles. The summed E-state index contributed by atoms with van der Waals surface area (Å²) in [5, 5.41) is 6.05. The van der Waals surface area contributed by atoms with Crippen molar-refractivity contribution in [1.82, 2.24) is 9.72 Å². The minimum atomic E-state index is -0.402. The fourth-order valence-corrected chi connectivity index (χ4v) is 4.03. The largest absolute Gasteiger partial charge is 0.360 e. The number of nitrogens with zero attached hydrogens (tertiary/aromatic N) is 3. The molecule has 0 aromatic carbocycles. The highest BCUT2D eigenvalue weighted by Crippen LogP contribution is 2.20. The second kappa shape index (κ2) is 9.91. The number of pyridine rings is 1. The summed E-state index contributed by atoms with van der Waals surface area (Å²) < 4.78 is 6.56. The van der Waals surface area contributed by atoms with Gasteiger partial charge >= 0.3 is 0 Å². The van der Waals surface area contributed by atoms with Gasteiger partial charge in [0.2, 0.25) is 11.8 Å². The first-order valence-corrected chi connectivity index (χ1v) is 11.1. The fourth-order valence-electron chi connectivity index (χ4n) is 3.29. The molecule has 2 heterocycles. The number of hydrogen-bond donors (Lipinski definition) is 1. The molecule has 1 amide bonds. The highest BCUT2D eigenvalue weighted by molar-refractivity contribution is 8.01. The Balaban J connectivity index is 1.64. The van der Waals surface area contributed by atoms with Crippen LogP contribution in [0.1, 0.15) is 55.1 Å². The smallest absolute Gasteiger partial charge is 0.242 e. The molecular formula is C21H28N4O3S. The van der Waals surface area contributed by atoms with Crippen molar-refractivity contribution in [2.45, 2.75) is 64.2 Å². The molecule has 0 spiro atoms. The first kappa shape index (κ1) is 21.4. The van der Waals surface area contributed by atoms with E-state index in [1.165, 1.54) is 31.0 Å². The summed E-state index contributed by atoms with van der Waals surface area (Å²) in [4.78, 5) is 30.0. The van der Waals surface area contributed by atoms with Gasteiger partial charge < -0.3 is 9.84 Å². The molecule has 29 heavy (non-hydrogen) atoms. The monoisotopic (exact) mass is 416 g/mol. The lowest BCUT2D eigenvalue weighted by Crippen LogP contribution is -2.31. The van der Waals surface area contributed by atoms with Gasteiger partial charge in [0.15, 0.2) is 5.82 Å². The van der Waals surface area contributed by atoms with Crippen molar-refractivity contribution in [3.63, 3.8) is 0 Å². The van der Waals surface area contributed by atoms with Crippen molar-refractivity contribution in [3.05, 3.63) is 41.2 Å². The maximum absolute atomic E-state index is 12.8. The average Bonchev–Trinajstić information content (AvgIpc) is 3.11. The fraction of sp³-hybridized carbons (Fsp3) is 0.524. The maximum Gasteiger partial charge on any atom is 0.242 e. The summed E-state index contributed by atoms with van der Waals surface area (Å²) in [7, 11) is 0. The van der Waals surface area contributed by atoms with E-state index < -0.39 is 5.25 Å². The zero-order chi connectivity index (χ0) is 20.8. The Labute approximate surface area is 175 Å². The van der Waals surface area contributed by atoms with Gasteiger partial charge in [-0.2, -0.15) is 0 Å². The molecule has 156 valence electrons. The van der Waals surface area contributed by atoms with E-state index in [-0.39, 0.29) is 23.6 Å². The molecule has 7 nitrogen and oxygen atoms in total. The molecule has 0 saturated heterocycles. The molecule has 0 aliphatic heterocycles. The predicted molar refractivity (Wildman–Crippen MR) is 114 cm³/mol. The van der Waals surface area contributed by atoms with E-state index in [9.17, 15) is 9.59 Å². The number of carbonyl (C=O) groups is 2. The Bertz CT molecular complexity index is 928. The molecule has 1 fully saturated rings. The lowest BCUT2D eigenvalue weighted by atomic mass is 9.96. The van der Waals surface area contributed by atoms with Gasteiger partial charge in [-0.25, -0.2) is 0 Å². The normalized spacial score (nSPS) is 16.6. The molecule has 2 aromatic rings. The molecular weight excluding hydrogens is 388 g/mol. The predicted octanol–water partition coefficient (Wildman–Crippen LogP) is 3.73. The molecule has 8 heteroatoms. The second-order valence-corrected chi connectivity index (χ2v) is 8.84. The van der Waals surface area contributed by atoms with Crippen LogP contribution >= 0.6 is 11.8 Å². The van der Waals surface area contributed by atoms with Gasteiger partial charge in [0.25, 0.3) is 0 Å². The van der Waals surface area contributed by atoms with E-state index >= 15 is 0 Å². The van der Waals surface area contributed by atoms with Crippen LogP contribution in [0.4, 0.5) is 5.82 Å². The topological polar surface area (TPSA) is 89.5 Å². The zero-order valence-corrected chi connectivity index (χ0v) is 18.0.